The zero-order valence-corrected chi connectivity index (χ0v) is 12.3. The normalized spacial score (nSPS) is 20.0. The van der Waals surface area contributed by atoms with Gasteiger partial charge in [-0.1, -0.05) is 6.07 Å². The van der Waals surface area contributed by atoms with Crippen LogP contribution in [-0.2, 0) is 19.6 Å². The molecule has 1 saturated heterocycles. The first-order valence-electron chi connectivity index (χ1n) is 6.33. The number of carbonyl (C=O) groups excluding carboxylic acids is 1. The molecule has 1 aliphatic rings. The molecule has 1 fully saturated rings. The fourth-order valence-corrected chi connectivity index (χ4v) is 4.00. The molecular weight excluding hydrogens is 280 g/mol. The first kappa shape index (κ1) is 14.8. The van der Waals surface area contributed by atoms with Crippen LogP contribution in [0.1, 0.15) is 18.4 Å². The van der Waals surface area contributed by atoms with Crippen molar-refractivity contribution in [1.29, 1.82) is 0 Å². The summed E-state index contributed by atoms with van der Waals surface area (Å²) >= 11 is 0. The van der Waals surface area contributed by atoms with Crippen LogP contribution in [0.2, 0.25) is 0 Å². The molecule has 1 aromatic rings. The van der Waals surface area contributed by atoms with Gasteiger partial charge in [-0.3, -0.25) is 4.79 Å². The van der Waals surface area contributed by atoms with Crippen molar-refractivity contribution in [3.05, 3.63) is 23.8 Å². The number of nitrogens with two attached hydrogens (primary N) is 1. The Balaban J connectivity index is 2.38. The number of carbonyl (C=O) groups is 1. The Bertz CT molecular complexity index is 627. The molecule has 0 aliphatic carbocycles. The maximum atomic E-state index is 12.6. The van der Waals surface area contributed by atoms with E-state index in [0.717, 1.165) is 5.56 Å². The number of ether oxygens (including phenoxy) is 1. The summed E-state index contributed by atoms with van der Waals surface area (Å²) in [5.74, 6) is -0.522. The van der Waals surface area contributed by atoms with Crippen LogP contribution in [-0.4, -0.2) is 38.4 Å². The van der Waals surface area contributed by atoms with Crippen molar-refractivity contribution in [2.45, 2.75) is 30.7 Å². The third-order valence-electron chi connectivity index (χ3n) is 3.53. The summed E-state index contributed by atoms with van der Waals surface area (Å²) in [5, 5.41) is 0. The lowest BCUT2D eigenvalue weighted by molar-refractivity contribution is -0.144. The Morgan fingerprint density at radius 2 is 2.15 bits per heavy atom. The van der Waals surface area contributed by atoms with Crippen LogP contribution in [0, 0.1) is 6.92 Å². The molecule has 110 valence electrons. The number of rotatable bonds is 3. The molecule has 0 spiro atoms. The van der Waals surface area contributed by atoms with Crippen LogP contribution in [0.15, 0.2) is 23.1 Å². The average molecular weight is 298 g/mol. The number of benzene rings is 1. The van der Waals surface area contributed by atoms with E-state index in [1.54, 1.807) is 13.0 Å². The fourth-order valence-electron chi connectivity index (χ4n) is 2.31. The van der Waals surface area contributed by atoms with Crippen LogP contribution >= 0.6 is 0 Å². The monoisotopic (exact) mass is 298 g/mol. The van der Waals surface area contributed by atoms with Crippen molar-refractivity contribution in [3.63, 3.8) is 0 Å². The van der Waals surface area contributed by atoms with E-state index in [1.807, 2.05) is 0 Å². The molecular formula is C13H18N2O4S. The maximum absolute atomic E-state index is 12.6. The second-order valence-corrected chi connectivity index (χ2v) is 6.71. The predicted molar refractivity (Wildman–Crippen MR) is 74.5 cm³/mol. The SMILES string of the molecule is COC(=O)C1CCCN1S(=O)(=O)c1ccc(C)c(N)c1. The van der Waals surface area contributed by atoms with E-state index in [-0.39, 0.29) is 4.90 Å². The quantitative estimate of drug-likeness (QED) is 0.661. The van der Waals surface area contributed by atoms with E-state index in [1.165, 1.54) is 23.5 Å². The lowest BCUT2D eigenvalue weighted by atomic mass is 10.2. The molecule has 1 atom stereocenters. The molecule has 0 aromatic heterocycles. The van der Waals surface area contributed by atoms with Crippen molar-refractivity contribution in [3.8, 4) is 0 Å². The van der Waals surface area contributed by atoms with E-state index in [9.17, 15) is 13.2 Å². The highest BCUT2D eigenvalue weighted by Gasteiger charge is 2.40. The van der Waals surface area contributed by atoms with Crippen molar-refractivity contribution in [2.75, 3.05) is 19.4 Å². The number of methoxy groups -OCH3 is 1. The molecule has 1 heterocycles. The Kier molecular flexibility index (Phi) is 4.01. The van der Waals surface area contributed by atoms with E-state index in [4.69, 9.17) is 5.73 Å². The Morgan fingerprint density at radius 1 is 1.45 bits per heavy atom. The van der Waals surface area contributed by atoms with Crippen molar-refractivity contribution in [1.82, 2.24) is 4.31 Å². The Labute approximate surface area is 118 Å². The van der Waals surface area contributed by atoms with Crippen LogP contribution in [0.25, 0.3) is 0 Å². The van der Waals surface area contributed by atoms with Gasteiger partial charge in [-0.05, 0) is 37.5 Å². The van der Waals surface area contributed by atoms with E-state index in [0.29, 0.717) is 25.1 Å². The molecule has 7 heteroatoms. The van der Waals surface area contributed by atoms with E-state index in [2.05, 4.69) is 4.74 Å². The summed E-state index contributed by atoms with van der Waals surface area (Å²) in [6.45, 7) is 2.12. The van der Waals surface area contributed by atoms with Crippen LogP contribution in [0.4, 0.5) is 5.69 Å². The highest BCUT2D eigenvalue weighted by molar-refractivity contribution is 7.89. The summed E-state index contributed by atoms with van der Waals surface area (Å²) in [4.78, 5) is 11.8. The lowest BCUT2D eigenvalue weighted by Gasteiger charge is -2.22. The van der Waals surface area contributed by atoms with E-state index < -0.39 is 22.0 Å². The third-order valence-corrected chi connectivity index (χ3v) is 5.44. The number of hydrogen-bond donors (Lipinski definition) is 1. The minimum absolute atomic E-state index is 0.108. The number of aryl methyl sites for hydroxylation is 1. The van der Waals surface area contributed by atoms with Crippen LogP contribution < -0.4 is 5.73 Å². The first-order valence-corrected chi connectivity index (χ1v) is 7.77. The molecule has 20 heavy (non-hydrogen) atoms. The van der Waals surface area contributed by atoms with Gasteiger partial charge in [0.05, 0.1) is 12.0 Å². The molecule has 0 amide bonds. The molecule has 0 radical (unpaired) electrons. The summed E-state index contributed by atoms with van der Waals surface area (Å²) in [7, 11) is -2.47. The number of hydrogen-bond acceptors (Lipinski definition) is 5. The van der Waals surface area contributed by atoms with Gasteiger partial charge in [0.15, 0.2) is 0 Å². The third kappa shape index (κ3) is 2.51. The Hall–Kier alpha value is -1.60. The summed E-state index contributed by atoms with van der Waals surface area (Å²) < 4.78 is 31.0. The maximum Gasteiger partial charge on any atom is 0.324 e. The van der Waals surface area contributed by atoms with Crippen LogP contribution in [0.5, 0.6) is 0 Å². The molecule has 1 aromatic carbocycles. The number of nitrogens with zero attached hydrogens (tertiary/aromatic N) is 1. The first-order chi connectivity index (χ1) is 9.37. The van der Waals surface area contributed by atoms with Gasteiger partial charge >= 0.3 is 5.97 Å². The standard InChI is InChI=1S/C13H18N2O4S/c1-9-5-6-10(8-11(9)14)20(17,18)15-7-3-4-12(15)13(16)19-2/h5-6,8,12H,3-4,7,14H2,1-2H3. The molecule has 1 aliphatic heterocycles. The molecule has 0 saturated carbocycles. The smallest absolute Gasteiger partial charge is 0.324 e. The van der Waals surface area contributed by atoms with Gasteiger partial charge in [-0.25, -0.2) is 8.42 Å². The van der Waals surface area contributed by atoms with Crippen molar-refractivity contribution < 1.29 is 17.9 Å². The fraction of sp³-hybridized carbons (Fsp3) is 0.462. The zero-order valence-electron chi connectivity index (χ0n) is 11.5. The highest BCUT2D eigenvalue weighted by atomic mass is 32.2. The second-order valence-electron chi connectivity index (χ2n) is 4.82. The summed E-state index contributed by atoms with van der Waals surface area (Å²) in [6.07, 6.45) is 1.12. The van der Waals surface area contributed by atoms with Gasteiger partial charge in [0, 0.05) is 12.2 Å². The second kappa shape index (κ2) is 5.41. The Morgan fingerprint density at radius 3 is 2.75 bits per heavy atom. The topological polar surface area (TPSA) is 89.7 Å². The number of sulfonamides is 1. The van der Waals surface area contributed by atoms with Crippen LogP contribution in [0.3, 0.4) is 0 Å². The van der Waals surface area contributed by atoms with Gasteiger partial charge < -0.3 is 10.5 Å². The minimum Gasteiger partial charge on any atom is -0.468 e. The van der Waals surface area contributed by atoms with E-state index >= 15 is 0 Å². The van der Waals surface area contributed by atoms with Gasteiger partial charge in [0.2, 0.25) is 10.0 Å². The average Bonchev–Trinajstić information content (AvgIpc) is 2.90. The number of esters is 1. The molecule has 6 nitrogen and oxygen atoms in total. The largest absolute Gasteiger partial charge is 0.468 e. The predicted octanol–water partition coefficient (Wildman–Crippen LogP) is 0.903. The van der Waals surface area contributed by atoms with Gasteiger partial charge in [-0.2, -0.15) is 4.31 Å². The molecule has 2 rings (SSSR count). The summed E-state index contributed by atoms with van der Waals surface area (Å²) in [5.41, 5.74) is 6.99. The molecule has 1 unspecified atom stereocenters. The zero-order chi connectivity index (χ0) is 14.9. The highest BCUT2D eigenvalue weighted by Crippen LogP contribution is 2.28. The minimum atomic E-state index is -3.73. The number of nitrogen functional groups attached to an aromatic ring is 1. The summed E-state index contributed by atoms with van der Waals surface area (Å²) in [6, 6.07) is 3.85. The molecule has 0 bridgehead atoms. The van der Waals surface area contributed by atoms with Gasteiger partial charge in [0.25, 0.3) is 0 Å². The molecule has 2 N–H and O–H groups in total. The van der Waals surface area contributed by atoms with Crippen molar-refractivity contribution in [2.24, 2.45) is 0 Å². The number of anilines is 1. The van der Waals surface area contributed by atoms with Crippen molar-refractivity contribution >= 4 is 21.7 Å². The lowest BCUT2D eigenvalue weighted by Crippen LogP contribution is -2.41. The van der Waals surface area contributed by atoms with Gasteiger partial charge in [0.1, 0.15) is 6.04 Å². The van der Waals surface area contributed by atoms with Gasteiger partial charge in [-0.15, -0.1) is 0 Å².